The molecule has 0 aliphatic rings. The summed E-state index contributed by atoms with van der Waals surface area (Å²) in [5.41, 5.74) is 3.41. The predicted octanol–water partition coefficient (Wildman–Crippen LogP) is 4.48. The van der Waals surface area contributed by atoms with Gasteiger partial charge in [-0.3, -0.25) is 14.2 Å². The summed E-state index contributed by atoms with van der Waals surface area (Å²) in [4.78, 5) is 30.2. The number of hydrogen-bond acceptors (Lipinski definition) is 4. The molecule has 0 atom stereocenters. The molecule has 0 saturated carbocycles. The van der Waals surface area contributed by atoms with Gasteiger partial charge in [0.2, 0.25) is 5.91 Å². The third-order valence-corrected chi connectivity index (χ3v) is 5.65. The summed E-state index contributed by atoms with van der Waals surface area (Å²) in [7, 11) is 0. The Morgan fingerprint density at radius 3 is 2.43 bits per heavy atom. The number of carbonyl (C=O) groups excluding carboxylic acids is 1. The van der Waals surface area contributed by atoms with Gasteiger partial charge in [0.05, 0.1) is 23.2 Å². The van der Waals surface area contributed by atoms with E-state index in [1.165, 1.54) is 11.8 Å². The highest BCUT2D eigenvalue weighted by molar-refractivity contribution is 7.99. The Morgan fingerprint density at radius 1 is 0.967 bits per heavy atom. The summed E-state index contributed by atoms with van der Waals surface area (Å²) in [5, 5.41) is 3.99. The van der Waals surface area contributed by atoms with Gasteiger partial charge in [-0.15, -0.1) is 0 Å². The van der Waals surface area contributed by atoms with Gasteiger partial charge in [0.25, 0.3) is 5.56 Å². The maximum atomic E-state index is 13.1. The Balaban J connectivity index is 1.60. The Bertz CT molecular complexity index is 1240. The smallest absolute Gasteiger partial charge is 0.262 e. The number of nitrogens with zero attached hydrogens (tertiary/aromatic N) is 2. The minimum absolute atomic E-state index is 0.106. The van der Waals surface area contributed by atoms with Gasteiger partial charge in [-0.25, -0.2) is 4.98 Å². The first-order valence-electron chi connectivity index (χ1n) is 9.63. The van der Waals surface area contributed by atoms with Crippen molar-refractivity contribution in [2.45, 2.75) is 18.6 Å². The van der Waals surface area contributed by atoms with Crippen molar-refractivity contribution in [3.05, 3.63) is 100 Å². The lowest BCUT2D eigenvalue weighted by Gasteiger charge is -2.13. The number of fused-ring (bicyclic) bond motifs is 1. The lowest BCUT2D eigenvalue weighted by Crippen LogP contribution is -2.24. The molecule has 0 spiro atoms. The van der Waals surface area contributed by atoms with E-state index in [9.17, 15) is 9.59 Å². The highest BCUT2D eigenvalue weighted by atomic mass is 32.2. The fourth-order valence-corrected chi connectivity index (χ4v) is 3.93. The second kappa shape index (κ2) is 8.97. The molecule has 1 N–H and O–H groups in total. The van der Waals surface area contributed by atoms with Crippen LogP contribution in [0.5, 0.6) is 0 Å². The minimum atomic E-state index is -0.141. The highest BCUT2D eigenvalue weighted by Crippen LogP contribution is 2.19. The molecule has 1 amide bonds. The summed E-state index contributed by atoms with van der Waals surface area (Å²) in [6.45, 7) is 2.40. The summed E-state index contributed by atoms with van der Waals surface area (Å²) in [6, 6.07) is 24.7. The first kappa shape index (κ1) is 19.9. The molecule has 0 radical (unpaired) electrons. The van der Waals surface area contributed by atoms with Crippen LogP contribution in [-0.2, 0) is 11.3 Å². The standard InChI is InChI=1S/C24H21N3O2S/c1-17-11-13-19(14-12-17)25-22(28)16-30-24-26-21-10-6-5-9-20(21)23(29)27(24)15-18-7-3-2-4-8-18/h2-14H,15-16H2,1H3,(H,25,28). The maximum Gasteiger partial charge on any atom is 0.262 e. The number of aromatic nitrogens is 2. The molecule has 0 bridgehead atoms. The SMILES string of the molecule is Cc1ccc(NC(=O)CSc2nc3ccccc3c(=O)n2Cc2ccccc2)cc1. The van der Waals surface area contributed by atoms with E-state index in [4.69, 9.17) is 0 Å². The van der Waals surface area contributed by atoms with Gasteiger partial charge in [-0.2, -0.15) is 0 Å². The van der Waals surface area contributed by atoms with Crippen molar-refractivity contribution in [2.24, 2.45) is 0 Å². The van der Waals surface area contributed by atoms with E-state index in [1.807, 2.05) is 79.7 Å². The molecule has 0 saturated heterocycles. The minimum Gasteiger partial charge on any atom is -0.325 e. The number of anilines is 1. The number of para-hydroxylation sites is 1. The number of hydrogen-bond donors (Lipinski definition) is 1. The van der Waals surface area contributed by atoms with Crippen LogP contribution in [-0.4, -0.2) is 21.2 Å². The quantitative estimate of drug-likeness (QED) is 0.372. The number of benzene rings is 3. The van der Waals surface area contributed by atoms with Crippen LogP contribution in [0.15, 0.2) is 88.8 Å². The summed E-state index contributed by atoms with van der Waals surface area (Å²) in [6.07, 6.45) is 0. The van der Waals surface area contributed by atoms with Crippen LogP contribution in [0.25, 0.3) is 10.9 Å². The molecule has 150 valence electrons. The third-order valence-electron chi connectivity index (χ3n) is 4.68. The lowest BCUT2D eigenvalue weighted by atomic mass is 10.2. The van der Waals surface area contributed by atoms with Crippen molar-refractivity contribution in [3.63, 3.8) is 0 Å². The number of carbonyl (C=O) groups is 1. The molecule has 0 aliphatic carbocycles. The van der Waals surface area contributed by atoms with Gasteiger partial charge in [-0.1, -0.05) is 71.9 Å². The van der Waals surface area contributed by atoms with E-state index in [0.717, 1.165) is 16.8 Å². The van der Waals surface area contributed by atoms with Crippen LogP contribution in [0.1, 0.15) is 11.1 Å². The molecule has 3 aromatic carbocycles. The van der Waals surface area contributed by atoms with Crippen molar-refractivity contribution in [1.29, 1.82) is 0 Å². The molecule has 1 aromatic heterocycles. The molecule has 0 aliphatic heterocycles. The second-order valence-electron chi connectivity index (χ2n) is 6.99. The fraction of sp³-hybridized carbons (Fsp3) is 0.125. The van der Waals surface area contributed by atoms with Crippen molar-refractivity contribution >= 4 is 34.3 Å². The molecular formula is C24H21N3O2S. The van der Waals surface area contributed by atoms with Crippen molar-refractivity contribution < 1.29 is 4.79 Å². The first-order chi connectivity index (χ1) is 14.6. The Morgan fingerprint density at radius 2 is 1.67 bits per heavy atom. The van der Waals surface area contributed by atoms with Gasteiger partial charge >= 0.3 is 0 Å². The molecule has 6 heteroatoms. The number of thioether (sulfide) groups is 1. The van der Waals surface area contributed by atoms with Crippen LogP contribution >= 0.6 is 11.8 Å². The Kier molecular flexibility index (Phi) is 5.95. The summed E-state index contributed by atoms with van der Waals surface area (Å²) in [5.74, 6) is 0.0190. The molecule has 4 rings (SSSR count). The lowest BCUT2D eigenvalue weighted by molar-refractivity contribution is -0.113. The molecule has 0 fully saturated rings. The number of nitrogens with one attached hydrogen (secondary N) is 1. The zero-order chi connectivity index (χ0) is 20.9. The van der Waals surface area contributed by atoms with E-state index >= 15 is 0 Å². The van der Waals surface area contributed by atoms with Crippen molar-refractivity contribution in [3.8, 4) is 0 Å². The van der Waals surface area contributed by atoms with Gasteiger partial charge in [0.15, 0.2) is 5.16 Å². The van der Waals surface area contributed by atoms with E-state index in [-0.39, 0.29) is 17.2 Å². The summed E-state index contributed by atoms with van der Waals surface area (Å²) >= 11 is 1.27. The summed E-state index contributed by atoms with van der Waals surface area (Å²) < 4.78 is 1.64. The monoisotopic (exact) mass is 415 g/mol. The van der Waals surface area contributed by atoms with Gasteiger partial charge in [-0.05, 0) is 36.8 Å². The molecule has 4 aromatic rings. The molecular weight excluding hydrogens is 394 g/mol. The van der Waals surface area contributed by atoms with E-state index in [0.29, 0.717) is 22.6 Å². The van der Waals surface area contributed by atoms with Crippen LogP contribution in [0.3, 0.4) is 0 Å². The Hall–Kier alpha value is -3.38. The fourth-order valence-electron chi connectivity index (χ4n) is 3.13. The first-order valence-corrected chi connectivity index (χ1v) is 10.6. The van der Waals surface area contributed by atoms with E-state index in [2.05, 4.69) is 10.3 Å². The van der Waals surface area contributed by atoms with Crippen LogP contribution in [0.2, 0.25) is 0 Å². The average Bonchev–Trinajstić information content (AvgIpc) is 2.77. The number of amides is 1. The van der Waals surface area contributed by atoms with Gasteiger partial charge in [0.1, 0.15) is 0 Å². The maximum absolute atomic E-state index is 13.1. The zero-order valence-electron chi connectivity index (χ0n) is 16.5. The predicted molar refractivity (Wildman–Crippen MR) is 122 cm³/mol. The van der Waals surface area contributed by atoms with Crippen LogP contribution in [0.4, 0.5) is 5.69 Å². The number of aryl methyl sites for hydroxylation is 1. The Labute approximate surface area is 178 Å². The van der Waals surface area contributed by atoms with Crippen molar-refractivity contribution in [2.75, 3.05) is 11.1 Å². The second-order valence-corrected chi connectivity index (χ2v) is 7.93. The van der Waals surface area contributed by atoms with E-state index < -0.39 is 0 Å². The normalized spacial score (nSPS) is 10.8. The number of rotatable bonds is 6. The zero-order valence-corrected chi connectivity index (χ0v) is 17.4. The molecule has 1 heterocycles. The van der Waals surface area contributed by atoms with E-state index in [1.54, 1.807) is 10.6 Å². The highest BCUT2D eigenvalue weighted by Gasteiger charge is 2.14. The topological polar surface area (TPSA) is 64.0 Å². The third kappa shape index (κ3) is 4.60. The van der Waals surface area contributed by atoms with Crippen LogP contribution < -0.4 is 10.9 Å². The molecule has 0 unspecified atom stereocenters. The van der Waals surface area contributed by atoms with Crippen molar-refractivity contribution in [1.82, 2.24) is 9.55 Å². The molecule has 30 heavy (non-hydrogen) atoms. The van der Waals surface area contributed by atoms with Crippen LogP contribution in [0, 0.1) is 6.92 Å². The molecule has 5 nitrogen and oxygen atoms in total. The van der Waals surface area contributed by atoms with Gasteiger partial charge in [0, 0.05) is 5.69 Å². The largest absolute Gasteiger partial charge is 0.325 e. The average molecular weight is 416 g/mol. The van der Waals surface area contributed by atoms with Gasteiger partial charge < -0.3 is 5.32 Å².